The molecule has 0 saturated heterocycles. The standard InChI is InChI=1S/C20H22BrNO5/c1-4-26-19-16(21)9-15(10-17(19)25-3)20(24)27-12-18(23)22-11-14-7-5-13(2)6-8-14/h5-10H,4,11-12H2,1-3H3,(H,22,23). The first-order chi connectivity index (χ1) is 12.9. The smallest absolute Gasteiger partial charge is 0.338 e. The van der Waals surface area contributed by atoms with Crippen molar-refractivity contribution in [3.63, 3.8) is 0 Å². The first kappa shape index (κ1) is 20.8. The second-order valence-corrected chi connectivity index (χ2v) is 6.62. The van der Waals surface area contributed by atoms with Crippen LogP contribution in [-0.2, 0) is 16.1 Å². The van der Waals surface area contributed by atoms with E-state index in [1.165, 1.54) is 13.2 Å². The number of nitrogens with one attached hydrogen (secondary N) is 1. The molecule has 144 valence electrons. The Morgan fingerprint density at radius 2 is 1.85 bits per heavy atom. The van der Waals surface area contributed by atoms with Gasteiger partial charge in [-0.3, -0.25) is 4.79 Å². The third-order valence-corrected chi connectivity index (χ3v) is 4.29. The van der Waals surface area contributed by atoms with Crippen LogP contribution in [0.5, 0.6) is 11.5 Å². The number of carbonyl (C=O) groups excluding carboxylic acids is 2. The predicted octanol–water partition coefficient (Wildman–Crippen LogP) is 3.64. The van der Waals surface area contributed by atoms with Gasteiger partial charge in [-0.15, -0.1) is 0 Å². The largest absolute Gasteiger partial charge is 0.493 e. The normalized spacial score (nSPS) is 10.2. The molecule has 0 radical (unpaired) electrons. The van der Waals surface area contributed by atoms with Gasteiger partial charge in [-0.1, -0.05) is 29.8 Å². The Labute approximate surface area is 166 Å². The number of aryl methyl sites for hydroxylation is 1. The summed E-state index contributed by atoms with van der Waals surface area (Å²) >= 11 is 3.35. The van der Waals surface area contributed by atoms with Gasteiger partial charge in [0.05, 0.1) is 23.8 Å². The van der Waals surface area contributed by atoms with Crippen molar-refractivity contribution in [2.45, 2.75) is 20.4 Å². The number of esters is 1. The summed E-state index contributed by atoms with van der Waals surface area (Å²) in [5, 5.41) is 2.71. The average Bonchev–Trinajstić information content (AvgIpc) is 2.67. The number of halogens is 1. The summed E-state index contributed by atoms with van der Waals surface area (Å²) in [5.41, 5.74) is 2.38. The van der Waals surface area contributed by atoms with Crippen molar-refractivity contribution in [1.82, 2.24) is 5.32 Å². The summed E-state index contributed by atoms with van der Waals surface area (Å²) in [6, 6.07) is 10.9. The molecule has 0 bridgehead atoms. The fraction of sp³-hybridized carbons (Fsp3) is 0.300. The predicted molar refractivity (Wildman–Crippen MR) is 105 cm³/mol. The van der Waals surface area contributed by atoms with E-state index in [-0.39, 0.29) is 18.1 Å². The Morgan fingerprint density at radius 1 is 1.15 bits per heavy atom. The summed E-state index contributed by atoms with van der Waals surface area (Å²) in [6.45, 7) is 4.32. The van der Waals surface area contributed by atoms with Crippen LogP contribution in [0.3, 0.4) is 0 Å². The monoisotopic (exact) mass is 435 g/mol. The Morgan fingerprint density at radius 3 is 2.48 bits per heavy atom. The molecule has 2 aromatic carbocycles. The zero-order chi connectivity index (χ0) is 19.8. The molecule has 1 N–H and O–H groups in total. The van der Waals surface area contributed by atoms with Gasteiger partial charge in [0.15, 0.2) is 18.1 Å². The highest BCUT2D eigenvalue weighted by Crippen LogP contribution is 2.36. The molecule has 2 rings (SSSR count). The van der Waals surface area contributed by atoms with E-state index in [9.17, 15) is 9.59 Å². The van der Waals surface area contributed by atoms with Gasteiger partial charge in [0.1, 0.15) is 0 Å². The van der Waals surface area contributed by atoms with Gasteiger partial charge >= 0.3 is 5.97 Å². The third kappa shape index (κ3) is 5.99. The highest BCUT2D eigenvalue weighted by Gasteiger charge is 2.17. The number of carbonyl (C=O) groups is 2. The van der Waals surface area contributed by atoms with E-state index in [1.54, 1.807) is 6.07 Å². The molecule has 0 spiro atoms. The fourth-order valence-electron chi connectivity index (χ4n) is 2.29. The second kappa shape index (κ2) is 9.97. The number of benzene rings is 2. The number of hydrogen-bond acceptors (Lipinski definition) is 5. The highest BCUT2D eigenvalue weighted by atomic mass is 79.9. The van der Waals surface area contributed by atoms with Crippen molar-refractivity contribution in [2.24, 2.45) is 0 Å². The van der Waals surface area contributed by atoms with Gasteiger partial charge in [0, 0.05) is 6.54 Å². The molecule has 0 aliphatic rings. The number of methoxy groups -OCH3 is 1. The molecule has 0 aliphatic heterocycles. The molecule has 2 aromatic rings. The van der Waals surface area contributed by atoms with Crippen LogP contribution in [0, 0.1) is 6.92 Å². The number of amides is 1. The van der Waals surface area contributed by atoms with E-state index in [0.717, 1.165) is 11.1 Å². The topological polar surface area (TPSA) is 73.9 Å². The SMILES string of the molecule is CCOc1c(Br)cc(C(=O)OCC(=O)NCc2ccc(C)cc2)cc1OC. The van der Waals surface area contributed by atoms with Crippen molar-refractivity contribution < 1.29 is 23.8 Å². The van der Waals surface area contributed by atoms with Gasteiger partial charge in [-0.05, 0) is 47.5 Å². The summed E-state index contributed by atoms with van der Waals surface area (Å²) in [6.07, 6.45) is 0. The number of ether oxygens (including phenoxy) is 3. The molecule has 0 aliphatic carbocycles. The maximum atomic E-state index is 12.2. The Hall–Kier alpha value is -2.54. The van der Waals surface area contributed by atoms with E-state index in [1.807, 2.05) is 38.1 Å². The van der Waals surface area contributed by atoms with E-state index >= 15 is 0 Å². The van der Waals surface area contributed by atoms with Gasteiger partial charge in [-0.25, -0.2) is 4.79 Å². The van der Waals surface area contributed by atoms with Crippen LogP contribution >= 0.6 is 15.9 Å². The maximum absolute atomic E-state index is 12.2. The molecule has 0 fully saturated rings. The molecular formula is C20H22BrNO5. The molecule has 0 aromatic heterocycles. The van der Waals surface area contributed by atoms with E-state index < -0.39 is 5.97 Å². The summed E-state index contributed by atoms with van der Waals surface area (Å²) in [7, 11) is 1.48. The molecule has 27 heavy (non-hydrogen) atoms. The first-order valence-electron chi connectivity index (χ1n) is 8.44. The lowest BCUT2D eigenvalue weighted by Gasteiger charge is -2.13. The minimum atomic E-state index is -0.623. The minimum Gasteiger partial charge on any atom is -0.493 e. The van der Waals surface area contributed by atoms with Crippen LogP contribution in [0.1, 0.15) is 28.4 Å². The molecular weight excluding hydrogens is 414 g/mol. The van der Waals surface area contributed by atoms with Crippen LogP contribution in [-0.4, -0.2) is 32.2 Å². The molecule has 6 nitrogen and oxygen atoms in total. The lowest BCUT2D eigenvalue weighted by molar-refractivity contribution is -0.124. The molecule has 0 saturated carbocycles. The van der Waals surface area contributed by atoms with Crippen LogP contribution in [0.15, 0.2) is 40.9 Å². The van der Waals surface area contributed by atoms with E-state index in [2.05, 4.69) is 21.2 Å². The van der Waals surface area contributed by atoms with Gasteiger partial charge in [0.2, 0.25) is 0 Å². The van der Waals surface area contributed by atoms with Crippen molar-refractivity contribution >= 4 is 27.8 Å². The summed E-state index contributed by atoms with van der Waals surface area (Å²) in [4.78, 5) is 24.1. The Kier molecular flexibility index (Phi) is 7.67. The zero-order valence-electron chi connectivity index (χ0n) is 15.5. The van der Waals surface area contributed by atoms with Crippen molar-refractivity contribution in [1.29, 1.82) is 0 Å². The second-order valence-electron chi connectivity index (χ2n) is 5.76. The quantitative estimate of drug-likeness (QED) is 0.640. The van der Waals surface area contributed by atoms with Gasteiger partial charge in [-0.2, -0.15) is 0 Å². The maximum Gasteiger partial charge on any atom is 0.338 e. The first-order valence-corrected chi connectivity index (χ1v) is 9.23. The zero-order valence-corrected chi connectivity index (χ0v) is 17.1. The molecule has 0 heterocycles. The van der Waals surface area contributed by atoms with Gasteiger partial charge < -0.3 is 19.5 Å². The summed E-state index contributed by atoms with van der Waals surface area (Å²) < 4.78 is 16.4. The Balaban J connectivity index is 1.91. The molecule has 7 heteroatoms. The molecule has 0 unspecified atom stereocenters. The lowest BCUT2D eigenvalue weighted by atomic mass is 10.1. The number of hydrogen-bond donors (Lipinski definition) is 1. The van der Waals surface area contributed by atoms with Crippen LogP contribution in [0.2, 0.25) is 0 Å². The van der Waals surface area contributed by atoms with Crippen molar-refractivity contribution in [3.8, 4) is 11.5 Å². The van der Waals surface area contributed by atoms with Crippen LogP contribution in [0.4, 0.5) is 0 Å². The van der Waals surface area contributed by atoms with Crippen LogP contribution in [0.25, 0.3) is 0 Å². The number of rotatable bonds is 8. The van der Waals surface area contributed by atoms with Crippen molar-refractivity contribution in [2.75, 3.05) is 20.3 Å². The highest BCUT2D eigenvalue weighted by molar-refractivity contribution is 9.10. The van der Waals surface area contributed by atoms with Crippen molar-refractivity contribution in [3.05, 3.63) is 57.6 Å². The average molecular weight is 436 g/mol. The van der Waals surface area contributed by atoms with Gasteiger partial charge in [0.25, 0.3) is 5.91 Å². The fourth-order valence-corrected chi connectivity index (χ4v) is 2.85. The van der Waals surface area contributed by atoms with Crippen LogP contribution < -0.4 is 14.8 Å². The third-order valence-electron chi connectivity index (χ3n) is 3.70. The Bertz CT molecular complexity index is 805. The van der Waals surface area contributed by atoms with E-state index in [0.29, 0.717) is 29.1 Å². The van der Waals surface area contributed by atoms with E-state index in [4.69, 9.17) is 14.2 Å². The molecule has 0 atom stereocenters. The minimum absolute atomic E-state index is 0.258. The summed E-state index contributed by atoms with van der Waals surface area (Å²) in [5.74, 6) is -0.0854. The molecule has 1 amide bonds. The lowest BCUT2D eigenvalue weighted by Crippen LogP contribution is -2.28.